The van der Waals surface area contributed by atoms with Crippen molar-refractivity contribution in [2.24, 2.45) is 5.84 Å². The number of nitrogens with one attached hydrogen (secondary N) is 1. The normalized spacial score (nSPS) is 14.3. The number of hydrogen-bond donors (Lipinski definition) is 2. The number of rotatable bonds is 6. The molecule has 0 amide bonds. The van der Waals surface area contributed by atoms with Crippen molar-refractivity contribution in [3.05, 3.63) is 0 Å². The molecule has 2 heterocycles. The third kappa shape index (κ3) is 3.70. The molecule has 1 fully saturated rings. The number of hydrazine groups is 1. The lowest BCUT2D eigenvalue weighted by molar-refractivity contribution is 0.661. The predicted octanol–water partition coefficient (Wildman–Crippen LogP) is 0.886. The van der Waals surface area contributed by atoms with Crippen molar-refractivity contribution in [3.63, 3.8) is 0 Å². The summed E-state index contributed by atoms with van der Waals surface area (Å²) < 4.78 is 0. The van der Waals surface area contributed by atoms with Crippen LogP contribution in [0.3, 0.4) is 0 Å². The van der Waals surface area contributed by atoms with E-state index in [2.05, 4.69) is 31.3 Å². The average molecular weight is 290 g/mol. The molecule has 1 aliphatic rings. The first-order chi connectivity index (χ1) is 10.2. The van der Waals surface area contributed by atoms with Gasteiger partial charge >= 0.3 is 0 Å². The summed E-state index contributed by atoms with van der Waals surface area (Å²) in [6.07, 6.45) is 2.72. The van der Waals surface area contributed by atoms with Crippen molar-refractivity contribution in [2.45, 2.75) is 39.2 Å². The molecule has 0 bridgehead atoms. The Bertz CT molecular complexity index is 503. The van der Waals surface area contributed by atoms with E-state index in [0.717, 1.165) is 25.9 Å². The summed E-state index contributed by atoms with van der Waals surface area (Å²) in [5.41, 5.74) is 2.50. The van der Waals surface area contributed by atoms with Crippen LogP contribution in [0.5, 0.6) is 0 Å². The number of nitrogen functional groups attached to an aromatic ring is 1. The molecule has 0 radical (unpaired) electrons. The molecule has 3 N–H and O–H groups in total. The average Bonchev–Trinajstić information content (AvgIpc) is 3.01. The topological polar surface area (TPSA) is 107 Å². The quantitative estimate of drug-likeness (QED) is 0.587. The minimum absolute atomic E-state index is 0.192. The van der Waals surface area contributed by atoms with Gasteiger partial charge in [0.1, 0.15) is 0 Å². The van der Waals surface area contributed by atoms with Gasteiger partial charge in [-0.2, -0.15) is 20.2 Å². The molecule has 2 rings (SSSR count). The summed E-state index contributed by atoms with van der Waals surface area (Å²) in [4.78, 5) is 17.3. The van der Waals surface area contributed by atoms with Crippen molar-refractivity contribution < 1.29 is 0 Å². The van der Waals surface area contributed by atoms with Gasteiger partial charge in [-0.1, -0.05) is 0 Å². The van der Waals surface area contributed by atoms with Crippen molar-refractivity contribution in [1.82, 2.24) is 15.0 Å². The Labute approximate surface area is 125 Å². The molecule has 1 saturated heterocycles. The maximum atomic E-state index is 8.80. The highest BCUT2D eigenvalue weighted by molar-refractivity contribution is 5.45. The molecule has 0 unspecified atom stereocenters. The van der Waals surface area contributed by atoms with Crippen LogP contribution in [-0.4, -0.2) is 40.6 Å². The third-order valence-corrected chi connectivity index (χ3v) is 3.47. The number of nitriles is 1. The van der Waals surface area contributed by atoms with E-state index in [0.29, 0.717) is 30.8 Å². The van der Waals surface area contributed by atoms with Crippen molar-refractivity contribution in [3.8, 4) is 6.07 Å². The Balaban J connectivity index is 2.31. The monoisotopic (exact) mass is 290 g/mol. The van der Waals surface area contributed by atoms with Crippen LogP contribution in [0, 0.1) is 11.3 Å². The van der Waals surface area contributed by atoms with Crippen LogP contribution < -0.4 is 21.1 Å². The fourth-order valence-electron chi connectivity index (χ4n) is 2.37. The van der Waals surface area contributed by atoms with Gasteiger partial charge in [0.15, 0.2) is 0 Å². The zero-order chi connectivity index (χ0) is 15.2. The lowest BCUT2D eigenvalue weighted by Gasteiger charge is -2.27. The first-order valence-electron chi connectivity index (χ1n) is 7.27. The lowest BCUT2D eigenvalue weighted by Crippen LogP contribution is -2.34. The molecule has 114 valence electrons. The molecule has 0 aliphatic carbocycles. The molecule has 21 heavy (non-hydrogen) atoms. The number of nitrogens with zero attached hydrogens (tertiary/aromatic N) is 6. The first kappa shape index (κ1) is 15.3. The van der Waals surface area contributed by atoms with Gasteiger partial charge in [0.2, 0.25) is 17.8 Å². The van der Waals surface area contributed by atoms with Crippen molar-refractivity contribution in [2.75, 3.05) is 34.9 Å². The summed E-state index contributed by atoms with van der Waals surface area (Å²) in [6.45, 7) is 6.58. The van der Waals surface area contributed by atoms with Crippen LogP contribution in [0.2, 0.25) is 0 Å². The molecule has 8 nitrogen and oxygen atoms in total. The van der Waals surface area contributed by atoms with Crippen LogP contribution in [0.4, 0.5) is 17.8 Å². The van der Waals surface area contributed by atoms with E-state index >= 15 is 0 Å². The zero-order valence-electron chi connectivity index (χ0n) is 12.6. The van der Waals surface area contributed by atoms with Crippen LogP contribution in [-0.2, 0) is 0 Å². The number of anilines is 3. The largest absolute Gasteiger partial charge is 0.341 e. The van der Waals surface area contributed by atoms with Gasteiger partial charge in [0, 0.05) is 25.7 Å². The Hall–Kier alpha value is -2.14. The molecular formula is C13H22N8. The number of aromatic nitrogens is 3. The smallest absolute Gasteiger partial charge is 0.243 e. The molecule has 1 aliphatic heterocycles. The van der Waals surface area contributed by atoms with Crippen LogP contribution in [0.25, 0.3) is 0 Å². The molecule has 0 saturated carbocycles. The van der Waals surface area contributed by atoms with Gasteiger partial charge in [-0.05, 0) is 26.7 Å². The Morgan fingerprint density at radius 1 is 1.33 bits per heavy atom. The SMILES string of the molecule is CC(C)N(CCC#N)c1nc(NN)nc(N2CCCC2)n1. The van der Waals surface area contributed by atoms with Gasteiger partial charge in [0.25, 0.3) is 0 Å². The molecule has 1 aromatic rings. The second kappa shape index (κ2) is 7.04. The van der Waals surface area contributed by atoms with E-state index in [1.807, 2.05) is 18.7 Å². The first-order valence-corrected chi connectivity index (χ1v) is 7.27. The van der Waals surface area contributed by atoms with Gasteiger partial charge in [-0.25, -0.2) is 5.84 Å². The Morgan fingerprint density at radius 3 is 2.62 bits per heavy atom. The highest BCUT2D eigenvalue weighted by Crippen LogP contribution is 2.21. The van der Waals surface area contributed by atoms with Gasteiger partial charge < -0.3 is 9.80 Å². The van der Waals surface area contributed by atoms with Crippen molar-refractivity contribution in [1.29, 1.82) is 5.26 Å². The van der Waals surface area contributed by atoms with Crippen LogP contribution >= 0.6 is 0 Å². The standard InChI is InChI=1S/C13H22N8/c1-10(2)21(9-5-6-14)13-17-11(19-15)16-12(18-13)20-7-3-4-8-20/h10H,3-5,7-9,15H2,1-2H3,(H,16,17,18,19). The fourth-order valence-corrected chi connectivity index (χ4v) is 2.37. The minimum Gasteiger partial charge on any atom is -0.341 e. The highest BCUT2D eigenvalue weighted by Gasteiger charge is 2.20. The maximum absolute atomic E-state index is 8.80. The van der Waals surface area contributed by atoms with E-state index in [1.54, 1.807) is 0 Å². The van der Waals surface area contributed by atoms with E-state index in [1.165, 1.54) is 0 Å². The van der Waals surface area contributed by atoms with E-state index < -0.39 is 0 Å². The van der Waals surface area contributed by atoms with Crippen LogP contribution in [0.1, 0.15) is 33.1 Å². The summed E-state index contributed by atoms with van der Waals surface area (Å²) in [5.74, 6) is 7.03. The van der Waals surface area contributed by atoms with Gasteiger partial charge in [-0.3, -0.25) is 5.43 Å². The molecule has 0 aromatic carbocycles. The predicted molar refractivity (Wildman–Crippen MR) is 81.8 cm³/mol. The summed E-state index contributed by atoms with van der Waals surface area (Å²) in [5, 5.41) is 8.80. The third-order valence-electron chi connectivity index (χ3n) is 3.47. The summed E-state index contributed by atoms with van der Waals surface area (Å²) in [6, 6.07) is 2.35. The van der Waals surface area contributed by atoms with Crippen molar-refractivity contribution >= 4 is 17.8 Å². The molecule has 0 spiro atoms. The van der Waals surface area contributed by atoms with Gasteiger partial charge in [0.05, 0.1) is 12.5 Å². The second-order valence-corrected chi connectivity index (χ2v) is 5.29. The summed E-state index contributed by atoms with van der Waals surface area (Å²) in [7, 11) is 0. The number of nitrogens with two attached hydrogens (primary N) is 1. The summed E-state index contributed by atoms with van der Waals surface area (Å²) >= 11 is 0. The van der Waals surface area contributed by atoms with Gasteiger partial charge in [-0.15, -0.1) is 0 Å². The van der Waals surface area contributed by atoms with Crippen LogP contribution in [0.15, 0.2) is 0 Å². The fraction of sp³-hybridized carbons (Fsp3) is 0.692. The Morgan fingerprint density at radius 2 is 2.05 bits per heavy atom. The van der Waals surface area contributed by atoms with E-state index in [-0.39, 0.29) is 6.04 Å². The lowest BCUT2D eigenvalue weighted by atomic mass is 10.3. The van der Waals surface area contributed by atoms with E-state index in [9.17, 15) is 0 Å². The Kier molecular flexibility index (Phi) is 5.11. The second-order valence-electron chi connectivity index (χ2n) is 5.29. The highest BCUT2D eigenvalue weighted by atomic mass is 15.4. The zero-order valence-corrected chi connectivity index (χ0v) is 12.6. The maximum Gasteiger partial charge on any atom is 0.243 e. The molecular weight excluding hydrogens is 268 g/mol. The van der Waals surface area contributed by atoms with E-state index in [4.69, 9.17) is 11.1 Å². The molecule has 0 atom stereocenters. The number of hydrogen-bond acceptors (Lipinski definition) is 8. The minimum atomic E-state index is 0.192. The molecule has 1 aromatic heterocycles. The molecule has 8 heteroatoms.